The third-order valence-corrected chi connectivity index (χ3v) is 3.94. The van der Waals surface area contributed by atoms with E-state index in [1.165, 1.54) is 47.8 Å². The number of hydrogen-bond donors (Lipinski definition) is 2. The lowest BCUT2D eigenvalue weighted by Crippen LogP contribution is -2.38. The lowest BCUT2D eigenvalue weighted by atomic mass is 10.1. The van der Waals surface area contributed by atoms with Gasteiger partial charge in [0.15, 0.2) is 18.2 Å². The van der Waals surface area contributed by atoms with Gasteiger partial charge in [-0.1, -0.05) is 6.07 Å². The molecule has 2 N–H and O–H groups in total. The summed E-state index contributed by atoms with van der Waals surface area (Å²) in [6.45, 7) is -0.551. The van der Waals surface area contributed by atoms with Crippen LogP contribution in [-0.2, 0) is 11.3 Å². The predicted molar refractivity (Wildman–Crippen MR) is 85.3 cm³/mol. The van der Waals surface area contributed by atoms with Crippen LogP contribution < -0.4 is 19.9 Å². The fraction of sp³-hybridized carbons (Fsp3) is 0.176. The van der Waals surface area contributed by atoms with Gasteiger partial charge >= 0.3 is 0 Å². The molecule has 3 rings (SSSR count). The standard InChI is InChI=1S/C17H14F2N2O5/c1-25-13-5-3-10(15(18)16(13)19)7-21-11-6-9(17(23)20-24)2-4-12(11)26-8-14(21)22/h2-6,24H,7-8H2,1H3,(H,20,23). The second kappa shape index (κ2) is 6.96. The van der Waals surface area contributed by atoms with Gasteiger partial charge in [0.1, 0.15) is 5.75 Å². The molecular formula is C17H14F2N2O5. The van der Waals surface area contributed by atoms with Crippen molar-refractivity contribution in [3.63, 3.8) is 0 Å². The molecule has 136 valence electrons. The van der Waals surface area contributed by atoms with Crippen LogP contribution in [0.1, 0.15) is 15.9 Å². The highest BCUT2D eigenvalue weighted by molar-refractivity contribution is 6.01. The van der Waals surface area contributed by atoms with E-state index in [1.54, 1.807) is 0 Å². The van der Waals surface area contributed by atoms with Gasteiger partial charge in [0.2, 0.25) is 5.82 Å². The maximum absolute atomic E-state index is 14.2. The van der Waals surface area contributed by atoms with E-state index in [-0.39, 0.29) is 35.7 Å². The first kappa shape index (κ1) is 17.6. The van der Waals surface area contributed by atoms with Crippen molar-refractivity contribution in [3.8, 4) is 11.5 Å². The molecule has 0 atom stereocenters. The number of ether oxygens (including phenoxy) is 2. The Bertz CT molecular complexity index is 888. The highest BCUT2D eigenvalue weighted by Gasteiger charge is 2.28. The van der Waals surface area contributed by atoms with E-state index in [1.807, 2.05) is 0 Å². The average Bonchev–Trinajstić information content (AvgIpc) is 2.66. The summed E-state index contributed by atoms with van der Waals surface area (Å²) in [5, 5.41) is 8.75. The van der Waals surface area contributed by atoms with Crippen LogP contribution in [0.4, 0.5) is 14.5 Å². The molecular weight excluding hydrogens is 350 g/mol. The number of hydroxylamine groups is 1. The molecule has 0 bridgehead atoms. The minimum atomic E-state index is -1.15. The van der Waals surface area contributed by atoms with Crippen LogP contribution in [0.15, 0.2) is 30.3 Å². The number of nitrogens with zero attached hydrogens (tertiary/aromatic N) is 1. The van der Waals surface area contributed by atoms with E-state index in [9.17, 15) is 18.4 Å². The number of anilines is 1. The molecule has 0 unspecified atom stereocenters. The van der Waals surface area contributed by atoms with Gasteiger partial charge in [-0.05, 0) is 24.3 Å². The first-order valence-electron chi connectivity index (χ1n) is 7.48. The molecule has 7 nitrogen and oxygen atoms in total. The van der Waals surface area contributed by atoms with Crippen molar-refractivity contribution in [1.82, 2.24) is 5.48 Å². The molecule has 0 fully saturated rings. The molecule has 0 aliphatic carbocycles. The smallest absolute Gasteiger partial charge is 0.274 e. The second-order valence-corrected chi connectivity index (χ2v) is 5.45. The number of amides is 2. The van der Waals surface area contributed by atoms with Gasteiger partial charge in [-0.2, -0.15) is 4.39 Å². The average molecular weight is 364 g/mol. The number of fused-ring (bicyclic) bond motifs is 1. The first-order chi connectivity index (χ1) is 12.5. The van der Waals surface area contributed by atoms with Crippen LogP contribution in [0.2, 0.25) is 0 Å². The molecule has 0 aromatic heterocycles. The molecule has 2 aromatic rings. The summed E-state index contributed by atoms with van der Waals surface area (Å²) in [5.74, 6) is -3.51. The summed E-state index contributed by atoms with van der Waals surface area (Å²) < 4.78 is 38.2. The minimum Gasteiger partial charge on any atom is -0.494 e. The van der Waals surface area contributed by atoms with Gasteiger partial charge in [0, 0.05) is 11.1 Å². The van der Waals surface area contributed by atoms with Crippen LogP contribution in [0.25, 0.3) is 0 Å². The number of halogens is 2. The number of methoxy groups -OCH3 is 1. The largest absolute Gasteiger partial charge is 0.494 e. The Labute approximate surface area is 146 Å². The van der Waals surface area contributed by atoms with E-state index < -0.39 is 23.4 Å². The normalized spacial score (nSPS) is 13.1. The van der Waals surface area contributed by atoms with E-state index in [0.717, 1.165) is 0 Å². The van der Waals surface area contributed by atoms with Crippen LogP contribution in [0, 0.1) is 11.6 Å². The van der Waals surface area contributed by atoms with E-state index >= 15 is 0 Å². The molecule has 0 spiro atoms. The zero-order chi connectivity index (χ0) is 18.8. The molecule has 9 heteroatoms. The van der Waals surface area contributed by atoms with Gasteiger partial charge in [0.05, 0.1) is 19.3 Å². The van der Waals surface area contributed by atoms with Gasteiger partial charge in [-0.3, -0.25) is 14.8 Å². The van der Waals surface area contributed by atoms with Crippen molar-refractivity contribution >= 4 is 17.5 Å². The number of carbonyl (C=O) groups excluding carboxylic acids is 2. The summed E-state index contributed by atoms with van der Waals surface area (Å²) in [7, 11) is 1.22. The maximum atomic E-state index is 14.2. The maximum Gasteiger partial charge on any atom is 0.274 e. The molecule has 2 amide bonds. The third kappa shape index (κ3) is 3.04. The minimum absolute atomic E-state index is 0.0657. The van der Waals surface area contributed by atoms with Crippen molar-refractivity contribution in [2.24, 2.45) is 0 Å². The molecule has 1 aliphatic heterocycles. The zero-order valence-electron chi connectivity index (χ0n) is 13.6. The van der Waals surface area contributed by atoms with E-state index in [4.69, 9.17) is 14.7 Å². The van der Waals surface area contributed by atoms with E-state index in [0.29, 0.717) is 5.75 Å². The fourth-order valence-electron chi connectivity index (χ4n) is 2.60. The fourth-order valence-corrected chi connectivity index (χ4v) is 2.60. The summed E-state index contributed by atoms with van der Waals surface area (Å²) in [4.78, 5) is 25.0. The number of nitrogens with one attached hydrogen (secondary N) is 1. The Hall–Kier alpha value is -3.20. The van der Waals surface area contributed by atoms with Gasteiger partial charge in [0.25, 0.3) is 11.8 Å². The highest BCUT2D eigenvalue weighted by atomic mass is 19.2. The van der Waals surface area contributed by atoms with Crippen molar-refractivity contribution in [2.45, 2.75) is 6.54 Å². The van der Waals surface area contributed by atoms with Gasteiger partial charge in [-0.25, -0.2) is 9.87 Å². The Morgan fingerprint density at radius 1 is 1.31 bits per heavy atom. The van der Waals surface area contributed by atoms with Crippen LogP contribution in [0.3, 0.4) is 0 Å². The topological polar surface area (TPSA) is 88.1 Å². The van der Waals surface area contributed by atoms with Crippen LogP contribution >= 0.6 is 0 Å². The quantitative estimate of drug-likeness (QED) is 0.640. The van der Waals surface area contributed by atoms with Crippen LogP contribution in [0.5, 0.6) is 11.5 Å². The summed E-state index contributed by atoms with van der Waals surface area (Å²) in [5.41, 5.74) is 1.69. The Morgan fingerprint density at radius 2 is 2.08 bits per heavy atom. The predicted octanol–water partition coefficient (Wildman–Crippen LogP) is 2.02. The molecule has 0 saturated heterocycles. The number of hydrogen-bond acceptors (Lipinski definition) is 5. The zero-order valence-corrected chi connectivity index (χ0v) is 13.6. The van der Waals surface area contributed by atoms with Gasteiger partial charge in [-0.15, -0.1) is 0 Å². The van der Waals surface area contributed by atoms with Crippen molar-refractivity contribution in [3.05, 3.63) is 53.1 Å². The molecule has 0 radical (unpaired) electrons. The molecule has 0 saturated carbocycles. The van der Waals surface area contributed by atoms with E-state index in [2.05, 4.69) is 0 Å². The molecule has 26 heavy (non-hydrogen) atoms. The van der Waals surface area contributed by atoms with Crippen LogP contribution in [-0.4, -0.2) is 30.7 Å². The highest BCUT2D eigenvalue weighted by Crippen LogP contribution is 2.35. The Balaban J connectivity index is 2.00. The van der Waals surface area contributed by atoms with Crippen molar-refractivity contribution < 1.29 is 33.1 Å². The third-order valence-electron chi connectivity index (χ3n) is 3.94. The SMILES string of the molecule is COc1ccc(CN2C(=O)COc3ccc(C(=O)NO)cc32)c(F)c1F. The summed E-state index contributed by atoms with van der Waals surface area (Å²) in [6.07, 6.45) is 0. The Morgan fingerprint density at radius 3 is 2.77 bits per heavy atom. The molecule has 1 heterocycles. The van der Waals surface area contributed by atoms with Crippen molar-refractivity contribution in [2.75, 3.05) is 18.6 Å². The monoisotopic (exact) mass is 364 g/mol. The summed E-state index contributed by atoms with van der Waals surface area (Å²) >= 11 is 0. The lowest BCUT2D eigenvalue weighted by Gasteiger charge is -2.30. The molecule has 1 aliphatic rings. The number of carbonyl (C=O) groups is 2. The number of rotatable bonds is 4. The summed E-state index contributed by atoms with van der Waals surface area (Å²) in [6, 6.07) is 6.73. The Kier molecular flexibility index (Phi) is 4.72. The second-order valence-electron chi connectivity index (χ2n) is 5.45. The first-order valence-corrected chi connectivity index (χ1v) is 7.48. The van der Waals surface area contributed by atoms with Crippen molar-refractivity contribution in [1.29, 1.82) is 0 Å². The lowest BCUT2D eigenvalue weighted by molar-refractivity contribution is -0.121. The van der Waals surface area contributed by atoms with Gasteiger partial charge < -0.3 is 14.4 Å². The molecule has 2 aromatic carbocycles. The number of benzene rings is 2.